The molecule has 0 bridgehead atoms. The molecule has 208 valence electrons. The first kappa shape index (κ1) is 30.5. The van der Waals surface area contributed by atoms with E-state index in [4.69, 9.17) is 23.2 Å². The van der Waals surface area contributed by atoms with Gasteiger partial charge >= 0.3 is 0 Å². The lowest BCUT2D eigenvalue weighted by atomic mass is 10.0. The smallest absolute Gasteiger partial charge is 0.244 e. The number of nitrogens with one attached hydrogen (secondary N) is 1. The van der Waals surface area contributed by atoms with Gasteiger partial charge in [-0.3, -0.25) is 13.9 Å². The first-order valence-corrected chi connectivity index (χ1v) is 15.1. The van der Waals surface area contributed by atoms with Gasteiger partial charge in [-0.1, -0.05) is 71.7 Å². The van der Waals surface area contributed by atoms with Crippen molar-refractivity contribution in [1.29, 1.82) is 0 Å². The molecule has 0 saturated carbocycles. The minimum atomic E-state index is -3.87. The van der Waals surface area contributed by atoms with Gasteiger partial charge in [0, 0.05) is 29.1 Å². The maximum atomic E-state index is 14.1. The SMILES string of the molecule is Cc1cc(Cl)ccc1N(CC(=O)N(Cc1ccccc1Cl)[C@H](Cc1ccccc1)C(=O)NC(C)C)S(C)(=O)=O. The molecule has 10 heteroatoms. The summed E-state index contributed by atoms with van der Waals surface area (Å²) in [6, 6.07) is 20.1. The molecular formula is C29H33Cl2N3O4S. The number of halogens is 2. The van der Waals surface area contributed by atoms with Crippen molar-refractivity contribution in [2.45, 2.75) is 45.8 Å². The lowest BCUT2D eigenvalue weighted by Crippen LogP contribution is -2.54. The van der Waals surface area contributed by atoms with Crippen LogP contribution in [0.3, 0.4) is 0 Å². The van der Waals surface area contributed by atoms with Crippen molar-refractivity contribution in [2.24, 2.45) is 0 Å². The van der Waals surface area contributed by atoms with Gasteiger partial charge in [0.25, 0.3) is 0 Å². The van der Waals surface area contributed by atoms with Crippen molar-refractivity contribution in [1.82, 2.24) is 10.2 Å². The Morgan fingerprint density at radius 2 is 1.59 bits per heavy atom. The Morgan fingerprint density at radius 1 is 0.949 bits per heavy atom. The molecule has 0 spiro atoms. The van der Waals surface area contributed by atoms with Gasteiger partial charge < -0.3 is 10.2 Å². The van der Waals surface area contributed by atoms with Crippen molar-refractivity contribution < 1.29 is 18.0 Å². The van der Waals surface area contributed by atoms with E-state index in [1.807, 2.05) is 44.2 Å². The fourth-order valence-electron chi connectivity index (χ4n) is 4.24. The molecule has 0 unspecified atom stereocenters. The Balaban J connectivity index is 2.08. The predicted molar refractivity (Wildman–Crippen MR) is 158 cm³/mol. The average Bonchev–Trinajstić information content (AvgIpc) is 2.85. The van der Waals surface area contributed by atoms with Crippen LogP contribution in [-0.4, -0.2) is 50.0 Å². The van der Waals surface area contributed by atoms with E-state index in [-0.39, 0.29) is 24.9 Å². The van der Waals surface area contributed by atoms with Crippen LogP contribution in [0.4, 0.5) is 5.69 Å². The van der Waals surface area contributed by atoms with E-state index in [1.165, 1.54) is 4.90 Å². The first-order valence-electron chi connectivity index (χ1n) is 12.5. The Kier molecular flexibility index (Phi) is 10.4. The number of hydrogen-bond acceptors (Lipinski definition) is 4. The molecule has 0 saturated heterocycles. The Hall–Kier alpha value is -3.07. The summed E-state index contributed by atoms with van der Waals surface area (Å²) in [5, 5.41) is 3.80. The minimum absolute atomic E-state index is 0.0126. The maximum absolute atomic E-state index is 14.1. The third-order valence-electron chi connectivity index (χ3n) is 6.11. The van der Waals surface area contributed by atoms with Crippen molar-refractivity contribution in [2.75, 3.05) is 17.1 Å². The minimum Gasteiger partial charge on any atom is -0.352 e. The summed E-state index contributed by atoms with van der Waals surface area (Å²) in [7, 11) is -3.87. The van der Waals surface area contributed by atoms with Crippen LogP contribution < -0.4 is 9.62 Å². The first-order chi connectivity index (χ1) is 18.4. The van der Waals surface area contributed by atoms with Crippen LogP contribution >= 0.6 is 23.2 Å². The zero-order valence-electron chi connectivity index (χ0n) is 22.4. The zero-order chi connectivity index (χ0) is 28.7. The van der Waals surface area contributed by atoms with E-state index in [9.17, 15) is 18.0 Å². The number of anilines is 1. The fourth-order valence-corrected chi connectivity index (χ4v) is 5.57. The van der Waals surface area contributed by atoms with Crippen molar-refractivity contribution in [3.63, 3.8) is 0 Å². The largest absolute Gasteiger partial charge is 0.352 e. The molecule has 1 atom stereocenters. The number of aryl methyl sites for hydroxylation is 1. The number of sulfonamides is 1. The molecule has 3 aromatic carbocycles. The van der Waals surface area contributed by atoms with Crippen LogP contribution in [0.5, 0.6) is 0 Å². The van der Waals surface area contributed by atoms with E-state index in [2.05, 4.69) is 5.32 Å². The maximum Gasteiger partial charge on any atom is 0.244 e. The highest BCUT2D eigenvalue weighted by atomic mass is 35.5. The summed E-state index contributed by atoms with van der Waals surface area (Å²) in [4.78, 5) is 29.0. The van der Waals surface area contributed by atoms with Gasteiger partial charge in [0.15, 0.2) is 0 Å². The van der Waals surface area contributed by atoms with Crippen LogP contribution in [0.15, 0.2) is 72.8 Å². The second-order valence-corrected chi connectivity index (χ2v) is 12.4. The summed E-state index contributed by atoms with van der Waals surface area (Å²) in [6.45, 7) is 4.91. The van der Waals surface area contributed by atoms with Crippen LogP contribution in [0, 0.1) is 6.92 Å². The molecule has 7 nitrogen and oxygen atoms in total. The quantitative estimate of drug-likeness (QED) is 0.331. The molecule has 0 aliphatic carbocycles. The highest BCUT2D eigenvalue weighted by Crippen LogP contribution is 2.27. The van der Waals surface area contributed by atoms with Gasteiger partial charge in [0.1, 0.15) is 12.6 Å². The second kappa shape index (κ2) is 13.3. The molecule has 2 amide bonds. The highest BCUT2D eigenvalue weighted by Gasteiger charge is 2.33. The molecule has 3 rings (SSSR count). The Bertz CT molecular complexity index is 1420. The van der Waals surface area contributed by atoms with Crippen LogP contribution in [0.25, 0.3) is 0 Å². The summed E-state index contributed by atoms with van der Waals surface area (Å²) in [5.74, 6) is -0.891. The van der Waals surface area contributed by atoms with E-state index in [1.54, 1.807) is 49.4 Å². The number of amides is 2. The lowest BCUT2D eigenvalue weighted by Gasteiger charge is -2.34. The number of hydrogen-bond donors (Lipinski definition) is 1. The summed E-state index contributed by atoms with van der Waals surface area (Å²) < 4.78 is 26.8. The van der Waals surface area contributed by atoms with Crippen LogP contribution in [-0.2, 0) is 32.6 Å². The standard InChI is InChI=1S/C29H33Cl2N3O4S/c1-20(2)32-29(36)27(17-22-10-6-5-7-11-22)33(18-23-12-8-9-13-25(23)31)28(35)19-34(39(4,37)38)26-15-14-24(30)16-21(26)3/h5-16,20,27H,17-19H2,1-4H3,(H,32,36)/t27-/m1/s1. The van der Waals surface area contributed by atoms with Gasteiger partial charge in [0.2, 0.25) is 21.8 Å². The van der Waals surface area contributed by atoms with E-state index < -0.39 is 28.5 Å². The van der Waals surface area contributed by atoms with Gasteiger partial charge in [-0.2, -0.15) is 0 Å². The topological polar surface area (TPSA) is 86.8 Å². The monoisotopic (exact) mass is 589 g/mol. The number of rotatable bonds is 11. The third-order valence-corrected chi connectivity index (χ3v) is 7.84. The van der Waals surface area contributed by atoms with Crippen molar-refractivity contribution >= 4 is 50.7 Å². The Morgan fingerprint density at radius 3 is 2.18 bits per heavy atom. The number of carbonyl (C=O) groups excluding carboxylic acids is 2. The molecule has 0 heterocycles. The molecule has 3 aromatic rings. The van der Waals surface area contributed by atoms with Crippen molar-refractivity contribution in [3.8, 4) is 0 Å². The van der Waals surface area contributed by atoms with Crippen LogP contribution in [0.1, 0.15) is 30.5 Å². The molecule has 0 radical (unpaired) electrons. The molecular weight excluding hydrogens is 557 g/mol. The summed E-state index contributed by atoms with van der Waals surface area (Å²) in [6.07, 6.45) is 1.27. The molecule has 0 aliphatic heterocycles. The molecule has 0 fully saturated rings. The zero-order valence-corrected chi connectivity index (χ0v) is 24.7. The van der Waals surface area contributed by atoms with Gasteiger partial charge in [-0.05, 0) is 61.7 Å². The average molecular weight is 591 g/mol. The molecule has 0 aromatic heterocycles. The van der Waals surface area contributed by atoms with Crippen molar-refractivity contribution in [3.05, 3.63) is 99.5 Å². The summed E-state index contributed by atoms with van der Waals surface area (Å²) >= 11 is 12.5. The molecule has 0 aliphatic rings. The second-order valence-electron chi connectivity index (χ2n) is 9.68. The number of nitrogens with zero attached hydrogens (tertiary/aromatic N) is 2. The van der Waals surface area contributed by atoms with Gasteiger partial charge in [-0.15, -0.1) is 0 Å². The Labute approximate surface area is 240 Å². The van der Waals surface area contributed by atoms with Gasteiger partial charge in [-0.25, -0.2) is 8.42 Å². The number of carbonyl (C=O) groups is 2. The predicted octanol–water partition coefficient (Wildman–Crippen LogP) is 5.23. The van der Waals surface area contributed by atoms with E-state index in [0.717, 1.165) is 16.1 Å². The van der Waals surface area contributed by atoms with Crippen LogP contribution in [0.2, 0.25) is 10.0 Å². The fraction of sp³-hybridized carbons (Fsp3) is 0.310. The molecule has 39 heavy (non-hydrogen) atoms. The van der Waals surface area contributed by atoms with Gasteiger partial charge in [0.05, 0.1) is 11.9 Å². The van der Waals surface area contributed by atoms with E-state index in [0.29, 0.717) is 26.9 Å². The van der Waals surface area contributed by atoms with E-state index >= 15 is 0 Å². The normalized spacial score (nSPS) is 12.2. The summed E-state index contributed by atoms with van der Waals surface area (Å²) in [5.41, 5.74) is 2.42. The highest BCUT2D eigenvalue weighted by molar-refractivity contribution is 7.92. The lowest BCUT2D eigenvalue weighted by molar-refractivity contribution is -0.140. The molecule has 1 N–H and O–H groups in total. The third kappa shape index (κ3) is 8.46. The number of benzene rings is 3.